The lowest BCUT2D eigenvalue weighted by molar-refractivity contribution is -0.116. The van der Waals surface area contributed by atoms with Gasteiger partial charge in [-0.1, -0.05) is 23.4 Å². The Hall–Kier alpha value is -3.74. The predicted octanol–water partition coefficient (Wildman–Crippen LogP) is 3.98. The Morgan fingerprint density at radius 3 is 2.59 bits per heavy atom. The van der Waals surface area contributed by atoms with Gasteiger partial charge in [-0.15, -0.1) is 0 Å². The zero-order valence-corrected chi connectivity index (χ0v) is 14.2. The number of anilines is 1. The number of nitrogens with zero attached hydrogens (tertiary/aromatic N) is 3. The number of hydrogen-bond donors (Lipinski definition) is 1. The molecule has 4 aromatic rings. The minimum Gasteiger partial charge on any atom is -0.334 e. The molecule has 0 aliphatic carbocycles. The van der Waals surface area contributed by atoms with Crippen molar-refractivity contribution in [3.63, 3.8) is 0 Å². The molecule has 2 aromatic carbocycles. The average molecular weight is 362 g/mol. The standard InChI is InChI=1S/C20H15FN4O2/c21-15-10-8-14(9-11-15)19-23-20(27-24-19)17-7-4-12-25(17)13-18(26)22-16-5-2-1-3-6-16/h1-12H,13H2,(H,22,26). The van der Waals surface area contributed by atoms with Gasteiger partial charge in [0.05, 0.1) is 0 Å². The van der Waals surface area contributed by atoms with Gasteiger partial charge >= 0.3 is 0 Å². The number of benzene rings is 2. The van der Waals surface area contributed by atoms with E-state index in [1.807, 2.05) is 30.3 Å². The van der Waals surface area contributed by atoms with Crippen LogP contribution in [-0.4, -0.2) is 20.6 Å². The Kier molecular flexibility index (Phi) is 4.49. The molecule has 2 aromatic heterocycles. The van der Waals surface area contributed by atoms with Crippen LogP contribution in [0, 0.1) is 5.82 Å². The SMILES string of the molecule is O=C(Cn1cccc1-c1nc(-c2ccc(F)cc2)no1)Nc1ccccc1. The fraction of sp³-hybridized carbons (Fsp3) is 0.0500. The van der Waals surface area contributed by atoms with Gasteiger partial charge < -0.3 is 14.4 Å². The van der Waals surface area contributed by atoms with Crippen LogP contribution in [0.4, 0.5) is 10.1 Å². The monoisotopic (exact) mass is 362 g/mol. The molecule has 0 aliphatic rings. The first-order chi connectivity index (χ1) is 13.2. The van der Waals surface area contributed by atoms with Crippen molar-refractivity contribution < 1.29 is 13.7 Å². The van der Waals surface area contributed by atoms with E-state index < -0.39 is 0 Å². The van der Waals surface area contributed by atoms with Gasteiger partial charge in [-0.3, -0.25) is 4.79 Å². The molecule has 6 nitrogen and oxygen atoms in total. The minimum absolute atomic E-state index is 0.103. The highest BCUT2D eigenvalue weighted by molar-refractivity contribution is 5.90. The molecule has 0 saturated heterocycles. The summed E-state index contributed by atoms with van der Waals surface area (Å²) in [7, 11) is 0. The van der Waals surface area contributed by atoms with Crippen molar-refractivity contribution >= 4 is 11.6 Å². The van der Waals surface area contributed by atoms with E-state index in [-0.39, 0.29) is 24.2 Å². The highest BCUT2D eigenvalue weighted by atomic mass is 19.1. The molecule has 0 unspecified atom stereocenters. The molecule has 0 radical (unpaired) electrons. The van der Waals surface area contributed by atoms with Crippen LogP contribution in [-0.2, 0) is 11.3 Å². The summed E-state index contributed by atoms with van der Waals surface area (Å²) < 4.78 is 20.1. The first kappa shape index (κ1) is 16.7. The minimum atomic E-state index is -0.333. The molecule has 0 saturated carbocycles. The number of nitrogens with one attached hydrogen (secondary N) is 1. The summed E-state index contributed by atoms with van der Waals surface area (Å²) >= 11 is 0. The van der Waals surface area contributed by atoms with Gasteiger partial charge in [-0.25, -0.2) is 4.39 Å². The number of rotatable bonds is 5. The second-order valence-electron chi connectivity index (χ2n) is 5.87. The van der Waals surface area contributed by atoms with Crippen molar-refractivity contribution in [2.45, 2.75) is 6.54 Å². The molecule has 0 atom stereocenters. The molecule has 1 amide bonds. The van der Waals surface area contributed by atoms with Crippen molar-refractivity contribution in [3.8, 4) is 23.0 Å². The number of hydrogen-bond acceptors (Lipinski definition) is 4. The lowest BCUT2D eigenvalue weighted by atomic mass is 10.2. The molecular formula is C20H15FN4O2. The highest BCUT2D eigenvalue weighted by Gasteiger charge is 2.15. The Morgan fingerprint density at radius 2 is 1.81 bits per heavy atom. The quantitative estimate of drug-likeness (QED) is 0.583. The van der Waals surface area contributed by atoms with Crippen LogP contribution >= 0.6 is 0 Å². The smallest absolute Gasteiger partial charge is 0.274 e. The number of amides is 1. The summed E-state index contributed by atoms with van der Waals surface area (Å²) in [5, 5.41) is 6.77. The first-order valence-corrected chi connectivity index (χ1v) is 8.29. The maximum atomic E-state index is 13.1. The van der Waals surface area contributed by atoms with Gasteiger partial charge in [-0.2, -0.15) is 4.98 Å². The van der Waals surface area contributed by atoms with E-state index in [9.17, 15) is 9.18 Å². The molecule has 7 heteroatoms. The molecule has 4 rings (SSSR count). The van der Waals surface area contributed by atoms with Crippen LogP contribution in [0.15, 0.2) is 77.4 Å². The molecule has 0 aliphatic heterocycles. The second-order valence-corrected chi connectivity index (χ2v) is 5.87. The number of carbonyl (C=O) groups is 1. The lowest BCUT2D eigenvalue weighted by Crippen LogP contribution is -2.18. The lowest BCUT2D eigenvalue weighted by Gasteiger charge is -2.07. The van der Waals surface area contributed by atoms with Crippen LogP contribution in [0.2, 0.25) is 0 Å². The largest absolute Gasteiger partial charge is 0.334 e. The van der Waals surface area contributed by atoms with Gasteiger partial charge in [0.15, 0.2) is 0 Å². The molecule has 0 fully saturated rings. The van der Waals surface area contributed by atoms with E-state index in [4.69, 9.17) is 4.52 Å². The van der Waals surface area contributed by atoms with Crippen LogP contribution in [0.1, 0.15) is 0 Å². The zero-order valence-electron chi connectivity index (χ0n) is 14.2. The summed E-state index contributed by atoms with van der Waals surface area (Å²) in [4.78, 5) is 16.6. The zero-order chi connectivity index (χ0) is 18.6. The summed E-state index contributed by atoms with van der Waals surface area (Å²) in [6.07, 6.45) is 1.77. The fourth-order valence-corrected chi connectivity index (χ4v) is 2.67. The van der Waals surface area contributed by atoms with Crippen LogP contribution in [0.5, 0.6) is 0 Å². The van der Waals surface area contributed by atoms with Crippen molar-refractivity contribution in [1.82, 2.24) is 14.7 Å². The maximum Gasteiger partial charge on any atom is 0.274 e. The van der Waals surface area contributed by atoms with E-state index in [1.165, 1.54) is 12.1 Å². The fourth-order valence-electron chi connectivity index (χ4n) is 2.67. The highest BCUT2D eigenvalue weighted by Crippen LogP contribution is 2.23. The van der Waals surface area contributed by atoms with Gasteiger partial charge in [0.25, 0.3) is 5.89 Å². The number of para-hydroxylation sites is 1. The van der Waals surface area contributed by atoms with Gasteiger partial charge in [0.1, 0.15) is 18.1 Å². The van der Waals surface area contributed by atoms with Crippen LogP contribution < -0.4 is 5.32 Å². The molecule has 1 N–H and O–H groups in total. The molecular weight excluding hydrogens is 347 g/mol. The third-order valence-corrected chi connectivity index (χ3v) is 3.95. The number of aromatic nitrogens is 3. The van der Waals surface area contributed by atoms with Gasteiger partial charge in [0.2, 0.25) is 11.7 Å². The van der Waals surface area contributed by atoms with E-state index in [2.05, 4.69) is 15.5 Å². The van der Waals surface area contributed by atoms with E-state index >= 15 is 0 Å². The van der Waals surface area contributed by atoms with Crippen molar-refractivity contribution in [1.29, 1.82) is 0 Å². The summed E-state index contributed by atoms with van der Waals surface area (Å²) in [6, 6.07) is 18.6. The first-order valence-electron chi connectivity index (χ1n) is 8.29. The van der Waals surface area contributed by atoms with Crippen molar-refractivity contribution in [3.05, 3.63) is 78.7 Å². The second kappa shape index (κ2) is 7.25. The van der Waals surface area contributed by atoms with E-state index in [1.54, 1.807) is 35.0 Å². The third kappa shape index (κ3) is 3.77. The predicted molar refractivity (Wildman–Crippen MR) is 98.2 cm³/mol. The average Bonchev–Trinajstić information content (AvgIpc) is 3.32. The van der Waals surface area contributed by atoms with Crippen molar-refractivity contribution in [2.24, 2.45) is 0 Å². The third-order valence-electron chi connectivity index (χ3n) is 3.95. The number of carbonyl (C=O) groups excluding carboxylic acids is 1. The Morgan fingerprint density at radius 1 is 1.04 bits per heavy atom. The molecule has 2 heterocycles. The summed E-state index contributed by atoms with van der Waals surface area (Å²) in [5.41, 5.74) is 2.00. The maximum absolute atomic E-state index is 13.1. The normalized spacial score (nSPS) is 10.7. The van der Waals surface area contributed by atoms with Crippen molar-refractivity contribution in [2.75, 3.05) is 5.32 Å². The molecule has 0 bridgehead atoms. The summed E-state index contributed by atoms with van der Waals surface area (Å²) in [5.74, 6) is 0.135. The summed E-state index contributed by atoms with van der Waals surface area (Å²) in [6.45, 7) is 0.103. The van der Waals surface area contributed by atoms with Crippen LogP contribution in [0.25, 0.3) is 23.0 Å². The van der Waals surface area contributed by atoms with E-state index in [0.717, 1.165) is 5.69 Å². The number of halogens is 1. The molecule has 27 heavy (non-hydrogen) atoms. The molecule has 134 valence electrons. The van der Waals surface area contributed by atoms with Crippen LogP contribution in [0.3, 0.4) is 0 Å². The molecule has 0 spiro atoms. The van der Waals surface area contributed by atoms with E-state index in [0.29, 0.717) is 17.1 Å². The Labute approximate surface area is 154 Å². The Balaban J connectivity index is 1.52. The van der Waals surface area contributed by atoms with Gasteiger partial charge in [0, 0.05) is 17.4 Å². The topological polar surface area (TPSA) is 73.0 Å². The van der Waals surface area contributed by atoms with Gasteiger partial charge in [-0.05, 0) is 48.5 Å². The Bertz CT molecular complexity index is 1060.